The summed E-state index contributed by atoms with van der Waals surface area (Å²) in [7, 11) is 0. The number of hydrogen-bond donors (Lipinski definition) is 0. The Balaban J connectivity index is 1.68. The summed E-state index contributed by atoms with van der Waals surface area (Å²) >= 11 is 0. The molecule has 0 aliphatic heterocycles. The van der Waals surface area contributed by atoms with Crippen molar-refractivity contribution in [3.05, 3.63) is 90.1 Å². The van der Waals surface area contributed by atoms with Crippen LogP contribution in [0.4, 0.5) is 0 Å². The van der Waals surface area contributed by atoms with Crippen molar-refractivity contribution in [3.8, 4) is 0 Å². The van der Waals surface area contributed by atoms with Crippen LogP contribution in [0.1, 0.15) is 17.5 Å². The standard InChI is InChI=1S/C22H19N/c1-2-8-17(9-3-1)10-6-11-18-16-22-21(14-7-15-23-22)20-13-5-4-12-19(18)20/h1-5,7-9,12-16H,6,10-11H2. The fourth-order valence-electron chi connectivity index (χ4n) is 3.34. The number of aryl methyl sites for hydroxylation is 2. The zero-order valence-corrected chi connectivity index (χ0v) is 13.1. The van der Waals surface area contributed by atoms with Gasteiger partial charge in [-0.1, -0.05) is 60.7 Å². The van der Waals surface area contributed by atoms with Crippen molar-refractivity contribution in [2.24, 2.45) is 0 Å². The molecule has 0 unspecified atom stereocenters. The van der Waals surface area contributed by atoms with Crippen molar-refractivity contribution in [2.45, 2.75) is 19.3 Å². The summed E-state index contributed by atoms with van der Waals surface area (Å²) < 4.78 is 0. The molecule has 0 saturated heterocycles. The lowest BCUT2D eigenvalue weighted by Crippen LogP contribution is -1.93. The lowest BCUT2D eigenvalue weighted by atomic mass is 9.96. The van der Waals surface area contributed by atoms with Crippen LogP contribution in [0.25, 0.3) is 21.7 Å². The van der Waals surface area contributed by atoms with Gasteiger partial charge in [0.1, 0.15) is 0 Å². The van der Waals surface area contributed by atoms with Gasteiger partial charge >= 0.3 is 0 Å². The Bertz CT molecular complexity index is 942. The molecule has 0 aliphatic rings. The summed E-state index contributed by atoms with van der Waals surface area (Å²) in [6, 6.07) is 25.9. The fraction of sp³-hybridized carbons (Fsp3) is 0.136. The second-order valence-electron chi connectivity index (χ2n) is 5.99. The zero-order valence-electron chi connectivity index (χ0n) is 13.1. The molecular weight excluding hydrogens is 278 g/mol. The molecule has 0 atom stereocenters. The Morgan fingerprint density at radius 2 is 1.39 bits per heavy atom. The first-order valence-corrected chi connectivity index (χ1v) is 8.21. The molecule has 0 aliphatic carbocycles. The molecule has 4 aromatic rings. The van der Waals surface area contributed by atoms with Crippen LogP contribution in [-0.4, -0.2) is 4.98 Å². The minimum absolute atomic E-state index is 1.09. The first-order chi connectivity index (χ1) is 11.4. The molecule has 112 valence electrons. The number of hydrogen-bond acceptors (Lipinski definition) is 1. The van der Waals surface area contributed by atoms with E-state index in [2.05, 4.69) is 71.7 Å². The van der Waals surface area contributed by atoms with Gasteiger partial charge in [0.15, 0.2) is 0 Å². The number of aromatic nitrogens is 1. The first-order valence-electron chi connectivity index (χ1n) is 8.21. The lowest BCUT2D eigenvalue weighted by Gasteiger charge is -2.10. The van der Waals surface area contributed by atoms with Crippen LogP contribution >= 0.6 is 0 Å². The minimum atomic E-state index is 1.09. The third-order valence-electron chi connectivity index (χ3n) is 4.47. The van der Waals surface area contributed by atoms with Crippen LogP contribution < -0.4 is 0 Å². The first kappa shape index (κ1) is 14.0. The van der Waals surface area contributed by atoms with Crippen LogP contribution in [0.15, 0.2) is 79.0 Å². The number of benzene rings is 3. The van der Waals surface area contributed by atoms with Crippen molar-refractivity contribution in [1.29, 1.82) is 0 Å². The van der Waals surface area contributed by atoms with E-state index in [-0.39, 0.29) is 0 Å². The highest BCUT2D eigenvalue weighted by Gasteiger charge is 2.06. The molecule has 0 bridgehead atoms. The molecular formula is C22H19N. The molecule has 0 radical (unpaired) electrons. The average Bonchev–Trinajstić information content (AvgIpc) is 2.63. The molecule has 0 spiro atoms. The predicted molar refractivity (Wildman–Crippen MR) is 97.7 cm³/mol. The van der Waals surface area contributed by atoms with Crippen LogP contribution in [0, 0.1) is 0 Å². The fourth-order valence-corrected chi connectivity index (χ4v) is 3.34. The Labute approximate surface area is 136 Å². The monoisotopic (exact) mass is 297 g/mol. The van der Waals surface area contributed by atoms with E-state index < -0.39 is 0 Å². The van der Waals surface area contributed by atoms with Gasteiger partial charge in [0.25, 0.3) is 0 Å². The lowest BCUT2D eigenvalue weighted by molar-refractivity contribution is 0.825. The highest BCUT2D eigenvalue weighted by Crippen LogP contribution is 2.28. The topological polar surface area (TPSA) is 12.9 Å². The van der Waals surface area contributed by atoms with Crippen molar-refractivity contribution in [1.82, 2.24) is 4.98 Å². The van der Waals surface area contributed by atoms with E-state index in [4.69, 9.17) is 0 Å². The van der Waals surface area contributed by atoms with E-state index in [1.54, 1.807) is 0 Å². The maximum atomic E-state index is 4.56. The SMILES string of the molecule is c1ccc(CCCc2cc3ncccc3c3ccccc23)cc1. The number of fused-ring (bicyclic) bond motifs is 3. The Kier molecular flexibility index (Phi) is 3.77. The summed E-state index contributed by atoms with van der Waals surface area (Å²) in [5.41, 5.74) is 3.92. The third-order valence-corrected chi connectivity index (χ3v) is 4.47. The molecule has 0 saturated carbocycles. The van der Waals surface area contributed by atoms with Crippen molar-refractivity contribution >= 4 is 21.7 Å². The van der Waals surface area contributed by atoms with E-state index in [1.165, 1.54) is 27.3 Å². The summed E-state index contributed by atoms with van der Waals surface area (Å²) in [5.74, 6) is 0. The average molecular weight is 297 g/mol. The van der Waals surface area contributed by atoms with Gasteiger partial charge in [-0.05, 0) is 53.3 Å². The molecule has 0 amide bonds. The summed E-state index contributed by atoms with van der Waals surface area (Å²) in [6.45, 7) is 0. The Morgan fingerprint density at radius 3 is 2.26 bits per heavy atom. The second-order valence-corrected chi connectivity index (χ2v) is 5.99. The molecule has 4 rings (SSSR count). The van der Waals surface area contributed by atoms with Gasteiger partial charge in [-0.15, -0.1) is 0 Å². The highest BCUT2D eigenvalue weighted by molar-refractivity contribution is 6.07. The van der Waals surface area contributed by atoms with Gasteiger partial charge in [-0.3, -0.25) is 4.98 Å². The second kappa shape index (κ2) is 6.21. The van der Waals surface area contributed by atoms with Crippen molar-refractivity contribution in [2.75, 3.05) is 0 Å². The molecule has 3 aromatic carbocycles. The predicted octanol–water partition coefficient (Wildman–Crippen LogP) is 5.56. The van der Waals surface area contributed by atoms with Gasteiger partial charge in [0.2, 0.25) is 0 Å². The summed E-state index contributed by atoms with van der Waals surface area (Å²) in [6.07, 6.45) is 5.24. The van der Waals surface area contributed by atoms with Gasteiger partial charge in [0, 0.05) is 11.6 Å². The quantitative estimate of drug-likeness (QED) is 0.449. The van der Waals surface area contributed by atoms with Gasteiger partial charge in [0.05, 0.1) is 5.52 Å². The minimum Gasteiger partial charge on any atom is -0.256 e. The van der Waals surface area contributed by atoms with E-state index >= 15 is 0 Å². The van der Waals surface area contributed by atoms with E-state index in [1.807, 2.05) is 12.3 Å². The molecule has 1 heterocycles. The van der Waals surface area contributed by atoms with Crippen molar-refractivity contribution < 1.29 is 0 Å². The van der Waals surface area contributed by atoms with Crippen LogP contribution in [0.2, 0.25) is 0 Å². The highest BCUT2D eigenvalue weighted by atomic mass is 14.6. The van der Waals surface area contributed by atoms with Crippen LogP contribution in [0.3, 0.4) is 0 Å². The molecule has 0 N–H and O–H groups in total. The maximum absolute atomic E-state index is 4.56. The largest absolute Gasteiger partial charge is 0.256 e. The summed E-state index contributed by atoms with van der Waals surface area (Å²) in [4.78, 5) is 4.56. The Hall–Kier alpha value is -2.67. The van der Waals surface area contributed by atoms with Gasteiger partial charge < -0.3 is 0 Å². The Morgan fingerprint density at radius 1 is 0.652 bits per heavy atom. The molecule has 0 fully saturated rings. The smallest absolute Gasteiger partial charge is 0.0711 e. The van der Waals surface area contributed by atoms with E-state index in [9.17, 15) is 0 Å². The zero-order chi connectivity index (χ0) is 15.5. The summed E-state index contributed by atoms with van der Waals surface area (Å²) in [5, 5.41) is 3.92. The molecule has 1 aromatic heterocycles. The third kappa shape index (κ3) is 2.83. The molecule has 1 nitrogen and oxygen atoms in total. The van der Waals surface area contributed by atoms with Crippen molar-refractivity contribution in [3.63, 3.8) is 0 Å². The van der Waals surface area contributed by atoms with Crippen LogP contribution in [-0.2, 0) is 12.8 Å². The number of rotatable bonds is 4. The molecule has 1 heteroatoms. The van der Waals surface area contributed by atoms with Gasteiger partial charge in [-0.25, -0.2) is 0 Å². The molecule has 23 heavy (non-hydrogen) atoms. The van der Waals surface area contributed by atoms with Crippen LogP contribution in [0.5, 0.6) is 0 Å². The normalized spacial score (nSPS) is 11.1. The van der Waals surface area contributed by atoms with Gasteiger partial charge in [-0.2, -0.15) is 0 Å². The van der Waals surface area contributed by atoms with E-state index in [0.29, 0.717) is 0 Å². The number of nitrogens with zero attached hydrogens (tertiary/aromatic N) is 1. The number of pyridine rings is 1. The maximum Gasteiger partial charge on any atom is 0.0711 e. The van der Waals surface area contributed by atoms with E-state index in [0.717, 1.165) is 24.8 Å².